The SMILES string of the molecule is C#Cc1ccc2cc(-c3cccc(C(=O)CC)n3)ccc2c1C=O.CCC.[H]. The van der Waals surface area contributed by atoms with Gasteiger partial charge in [0.25, 0.3) is 0 Å². The van der Waals surface area contributed by atoms with Gasteiger partial charge >= 0.3 is 0 Å². The van der Waals surface area contributed by atoms with Crippen LogP contribution in [0.5, 0.6) is 0 Å². The van der Waals surface area contributed by atoms with E-state index in [2.05, 4.69) is 24.8 Å². The summed E-state index contributed by atoms with van der Waals surface area (Å²) in [5.74, 6) is 2.54. The first-order valence-electron chi connectivity index (χ1n) is 9.08. The average molecular weight is 358 g/mol. The lowest BCUT2D eigenvalue weighted by atomic mass is 9.97. The second-order valence-corrected chi connectivity index (χ2v) is 6.12. The van der Waals surface area contributed by atoms with Crippen molar-refractivity contribution in [3.63, 3.8) is 0 Å². The third-order valence-corrected chi connectivity index (χ3v) is 3.99. The van der Waals surface area contributed by atoms with Gasteiger partial charge in [0.15, 0.2) is 12.1 Å². The van der Waals surface area contributed by atoms with Crippen LogP contribution in [0.2, 0.25) is 0 Å². The van der Waals surface area contributed by atoms with E-state index < -0.39 is 0 Å². The van der Waals surface area contributed by atoms with Crippen LogP contribution >= 0.6 is 0 Å². The maximum absolute atomic E-state index is 11.8. The highest BCUT2D eigenvalue weighted by molar-refractivity contribution is 6.02. The Morgan fingerprint density at radius 1 is 1.15 bits per heavy atom. The Bertz CT molecular complexity index is 1020. The van der Waals surface area contributed by atoms with Crippen LogP contribution in [0.3, 0.4) is 0 Å². The first-order valence-corrected chi connectivity index (χ1v) is 9.08. The molecular weight excluding hydrogens is 334 g/mol. The van der Waals surface area contributed by atoms with Crippen LogP contribution in [0.1, 0.15) is 61.4 Å². The van der Waals surface area contributed by atoms with E-state index >= 15 is 0 Å². The highest BCUT2D eigenvalue weighted by Crippen LogP contribution is 2.26. The molecule has 1 aromatic heterocycles. The molecule has 2 aromatic carbocycles. The molecule has 3 aromatic rings. The monoisotopic (exact) mass is 358 g/mol. The molecular formula is C24H24NO2. The number of hydrogen-bond acceptors (Lipinski definition) is 3. The number of benzene rings is 2. The molecule has 137 valence electrons. The lowest BCUT2D eigenvalue weighted by Gasteiger charge is -2.08. The van der Waals surface area contributed by atoms with Crippen LogP contribution in [-0.4, -0.2) is 17.1 Å². The highest BCUT2D eigenvalue weighted by atomic mass is 16.1. The van der Waals surface area contributed by atoms with Gasteiger partial charge in [-0.1, -0.05) is 57.4 Å². The molecule has 3 nitrogen and oxygen atoms in total. The molecule has 0 amide bonds. The van der Waals surface area contributed by atoms with Crippen molar-refractivity contribution in [2.45, 2.75) is 33.6 Å². The van der Waals surface area contributed by atoms with Gasteiger partial charge in [0.1, 0.15) is 5.69 Å². The third kappa shape index (κ3) is 4.48. The third-order valence-electron chi connectivity index (χ3n) is 3.99. The Labute approximate surface area is 161 Å². The van der Waals surface area contributed by atoms with Gasteiger partial charge in [-0.3, -0.25) is 9.59 Å². The predicted octanol–water partition coefficient (Wildman–Crippen LogP) is 5.82. The standard InChI is InChI=1S/C21H15NO2.C3H8.H/c1-3-14-8-9-15-12-16(10-11-17(15)18(14)13-23)19-6-5-7-20(22-19)21(24)4-2;1-3-2;/h1,5-13H,4H2,2H3;3H2,1-2H3;. The molecule has 0 N–H and O–H groups in total. The van der Waals surface area contributed by atoms with E-state index in [-0.39, 0.29) is 7.21 Å². The fourth-order valence-corrected chi connectivity index (χ4v) is 2.70. The predicted molar refractivity (Wildman–Crippen MR) is 112 cm³/mol. The molecule has 0 spiro atoms. The summed E-state index contributed by atoms with van der Waals surface area (Å²) in [6.07, 6.45) is 7.91. The van der Waals surface area contributed by atoms with Gasteiger partial charge in [-0.2, -0.15) is 0 Å². The molecule has 0 aliphatic carbocycles. The van der Waals surface area contributed by atoms with Crippen molar-refractivity contribution >= 4 is 22.8 Å². The summed E-state index contributed by atoms with van der Waals surface area (Å²) < 4.78 is 0. The Morgan fingerprint density at radius 3 is 2.52 bits per heavy atom. The summed E-state index contributed by atoms with van der Waals surface area (Å²) >= 11 is 0. The van der Waals surface area contributed by atoms with Crippen molar-refractivity contribution in [1.29, 1.82) is 0 Å². The second kappa shape index (κ2) is 9.45. The summed E-state index contributed by atoms with van der Waals surface area (Å²) in [5, 5.41) is 1.72. The van der Waals surface area contributed by atoms with Crippen molar-refractivity contribution in [2.75, 3.05) is 0 Å². The molecule has 0 aliphatic rings. The molecule has 1 heterocycles. The van der Waals surface area contributed by atoms with E-state index in [1.54, 1.807) is 12.1 Å². The zero-order valence-electron chi connectivity index (χ0n) is 17.0. The van der Waals surface area contributed by atoms with Gasteiger partial charge in [-0.15, -0.1) is 6.42 Å². The topological polar surface area (TPSA) is 47.0 Å². The van der Waals surface area contributed by atoms with Crippen molar-refractivity contribution in [3.8, 4) is 23.6 Å². The van der Waals surface area contributed by atoms with Crippen LogP contribution in [0.25, 0.3) is 22.0 Å². The molecule has 0 saturated heterocycles. The molecule has 0 aliphatic heterocycles. The van der Waals surface area contributed by atoms with Gasteiger partial charge in [0, 0.05) is 24.5 Å². The number of fused-ring (bicyclic) bond motifs is 1. The van der Waals surface area contributed by atoms with Gasteiger partial charge < -0.3 is 0 Å². The maximum Gasteiger partial charge on any atom is 0.180 e. The first-order chi connectivity index (χ1) is 13.1. The summed E-state index contributed by atoms with van der Waals surface area (Å²) in [4.78, 5) is 27.7. The molecule has 1 radical (unpaired) electrons. The highest BCUT2D eigenvalue weighted by Gasteiger charge is 2.10. The number of pyridine rings is 1. The van der Waals surface area contributed by atoms with E-state index in [1.165, 1.54) is 6.42 Å². The minimum absolute atomic E-state index is 0. The number of aldehydes is 1. The van der Waals surface area contributed by atoms with E-state index in [9.17, 15) is 9.59 Å². The summed E-state index contributed by atoms with van der Waals surface area (Å²) in [6.45, 7) is 6.07. The molecule has 3 heteroatoms. The molecule has 0 atom stereocenters. The van der Waals surface area contributed by atoms with Gasteiger partial charge in [-0.05, 0) is 35.0 Å². The minimum Gasteiger partial charge on any atom is -0.298 e. The van der Waals surface area contributed by atoms with Gasteiger partial charge in [0.2, 0.25) is 0 Å². The zero-order valence-corrected chi connectivity index (χ0v) is 16.0. The number of carbonyl (C=O) groups excluding carboxylic acids is 2. The Morgan fingerprint density at radius 2 is 1.89 bits per heavy atom. The minimum atomic E-state index is 0. The van der Waals surface area contributed by atoms with Crippen LogP contribution in [0.4, 0.5) is 0 Å². The molecule has 3 rings (SSSR count). The van der Waals surface area contributed by atoms with E-state index in [4.69, 9.17) is 6.42 Å². The fraction of sp³-hybridized carbons (Fsp3) is 0.208. The summed E-state index contributed by atoms with van der Waals surface area (Å²) in [5.41, 5.74) is 3.18. The number of nitrogens with zero attached hydrogens (tertiary/aromatic N) is 1. The Hall–Kier alpha value is -3.25. The van der Waals surface area contributed by atoms with E-state index in [0.717, 1.165) is 28.3 Å². The number of terminal acetylenes is 1. The normalized spacial score (nSPS) is 9.85. The number of carbonyl (C=O) groups is 2. The quantitative estimate of drug-likeness (QED) is 0.335. The van der Waals surface area contributed by atoms with Gasteiger partial charge in [-0.25, -0.2) is 4.98 Å². The number of aromatic nitrogens is 1. The number of rotatable bonds is 4. The number of ketones is 1. The van der Waals surface area contributed by atoms with Crippen molar-refractivity contribution < 1.29 is 11.0 Å². The Kier molecular flexibility index (Phi) is 7.02. The van der Waals surface area contributed by atoms with E-state index in [0.29, 0.717) is 23.2 Å². The summed E-state index contributed by atoms with van der Waals surface area (Å²) in [6, 6.07) is 14.8. The van der Waals surface area contributed by atoms with Crippen LogP contribution < -0.4 is 0 Å². The zero-order chi connectivity index (χ0) is 19.8. The molecule has 0 bridgehead atoms. The van der Waals surface area contributed by atoms with Crippen LogP contribution in [0, 0.1) is 12.3 Å². The van der Waals surface area contributed by atoms with Crippen LogP contribution in [-0.2, 0) is 0 Å². The molecule has 0 saturated carbocycles. The second-order valence-electron chi connectivity index (χ2n) is 6.12. The molecule has 0 fully saturated rings. The van der Waals surface area contributed by atoms with E-state index in [1.807, 2.05) is 43.3 Å². The largest absolute Gasteiger partial charge is 0.298 e. The fourth-order valence-electron chi connectivity index (χ4n) is 2.70. The van der Waals surface area contributed by atoms with Gasteiger partial charge in [0.05, 0.1) is 5.69 Å². The summed E-state index contributed by atoms with van der Waals surface area (Å²) in [7, 11) is 0. The molecule has 27 heavy (non-hydrogen) atoms. The smallest absolute Gasteiger partial charge is 0.180 e. The lowest BCUT2D eigenvalue weighted by molar-refractivity contribution is 0.0983. The van der Waals surface area contributed by atoms with Crippen molar-refractivity contribution in [1.82, 2.24) is 4.98 Å². The van der Waals surface area contributed by atoms with Crippen LogP contribution in [0.15, 0.2) is 48.5 Å². The van der Waals surface area contributed by atoms with Crippen molar-refractivity contribution in [2.24, 2.45) is 0 Å². The Balaban J connectivity index is 0.000000921. The first kappa shape index (κ1) is 20.1. The lowest BCUT2D eigenvalue weighted by Crippen LogP contribution is -2.00. The number of Topliss-reactive ketones (excluding diaryl/α,β-unsaturated/α-hetero) is 1. The van der Waals surface area contributed by atoms with Crippen molar-refractivity contribution in [3.05, 3.63) is 65.4 Å². The number of hydrogen-bond donors (Lipinski definition) is 0. The molecule has 0 unspecified atom stereocenters. The average Bonchev–Trinajstić information content (AvgIpc) is 2.72. The maximum atomic E-state index is 11.8.